The first-order chi connectivity index (χ1) is 9.36. The minimum atomic E-state index is 0.115. The van der Waals surface area contributed by atoms with Gasteiger partial charge >= 0.3 is 0 Å². The van der Waals surface area contributed by atoms with E-state index in [1.54, 1.807) is 0 Å². The molecule has 0 saturated carbocycles. The summed E-state index contributed by atoms with van der Waals surface area (Å²) < 4.78 is 0. The van der Waals surface area contributed by atoms with Gasteiger partial charge in [0.15, 0.2) is 0 Å². The molecular weight excluding hydrogens is 234 g/mol. The Morgan fingerprint density at radius 3 is 2.74 bits per heavy atom. The smallest absolute Gasteiger partial charge is 0.0681 e. The van der Waals surface area contributed by atoms with Crippen LogP contribution in [0.2, 0.25) is 0 Å². The van der Waals surface area contributed by atoms with Gasteiger partial charge in [-0.2, -0.15) is 0 Å². The molecule has 0 spiro atoms. The zero-order valence-corrected chi connectivity index (χ0v) is 11.0. The summed E-state index contributed by atoms with van der Waals surface area (Å²) in [7, 11) is 0. The molecule has 1 unspecified atom stereocenters. The Labute approximate surface area is 114 Å². The van der Waals surface area contributed by atoms with Crippen molar-refractivity contribution in [3.05, 3.63) is 70.8 Å². The van der Waals surface area contributed by atoms with Gasteiger partial charge in [0, 0.05) is 19.0 Å². The van der Waals surface area contributed by atoms with Gasteiger partial charge in [0.05, 0.1) is 6.61 Å². The Morgan fingerprint density at radius 1 is 1.05 bits per heavy atom. The number of hydrogen-bond donors (Lipinski definition) is 2. The highest BCUT2D eigenvalue weighted by atomic mass is 16.3. The van der Waals surface area contributed by atoms with Gasteiger partial charge in [-0.1, -0.05) is 48.5 Å². The van der Waals surface area contributed by atoms with E-state index in [1.165, 1.54) is 23.1 Å². The second-order valence-corrected chi connectivity index (χ2v) is 5.21. The third-order valence-corrected chi connectivity index (χ3v) is 3.86. The first kappa shape index (κ1) is 12.4. The van der Waals surface area contributed by atoms with E-state index in [2.05, 4.69) is 41.7 Å². The predicted octanol–water partition coefficient (Wildman–Crippen LogP) is 2.61. The molecule has 1 aliphatic carbocycles. The topological polar surface area (TPSA) is 32.3 Å². The molecule has 2 aromatic rings. The van der Waals surface area contributed by atoms with Crippen LogP contribution in [0, 0.1) is 0 Å². The van der Waals surface area contributed by atoms with Crippen LogP contribution >= 0.6 is 0 Å². The maximum Gasteiger partial charge on any atom is 0.0681 e. The standard InChI is InChI=1S/C17H19NO/c19-12-14-5-3-4-13(8-14)10-18-11-16-9-15-6-1-2-7-17(15)16/h1-8,16,18-19H,9-12H2. The summed E-state index contributed by atoms with van der Waals surface area (Å²) in [5.74, 6) is 0.664. The molecule has 0 fully saturated rings. The normalized spacial score (nSPS) is 16.8. The van der Waals surface area contributed by atoms with Gasteiger partial charge in [0.25, 0.3) is 0 Å². The van der Waals surface area contributed by atoms with Gasteiger partial charge < -0.3 is 10.4 Å². The average Bonchev–Trinajstić information content (AvgIpc) is 2.44. The van der Waals surface area contributed by atoms with E-state index >= 15 is 0 Å². The molecule has 0 saturated heterocycles. The molecule has 19 heavy (non-hydrogen) atoms. The fraction of sp³-hybridized carbons (Fsp3) is 0.294. The number of rotatable bonds is 5. The molecule has 0 amide bonds. The third-order valence-electron chi connectivity index (χ3n) is 3.86. The maximum absolute atomic E-state index is 9.11. The molecule has 2 nitrogen and oxygen atoms in total. The Hall–Kier alpha value is -1.64. The Morgan fingerprint density at radius 2 is 1.89 bits per heavy atom. The zero-order chi connectivity index (χ0) is 13.1. The number of hydrogen-bond acceptors (Lipinski definition) is 2. The van der Waals surface area contributed by atoms with Crippen molar-refractivity contribution in [1.29, 1.82) is 0 Å². The Kier molecular flexibility index (Phi) is 3.62. The van der Waals surface area contributed by atoms with Gasteiger partial charge in [-0.25, -0.2) is 0 Å². The van der Waals surface area contributed by atoms with E-state index < -0.39 is 0 Å². The molecule has 0 aromatic heterocycles. The van der Waals surface area contributed by atoms with Crippen molar-refractivity contribution >= 4 is 0 Å². The fourth-order valence-corrected chi connectivity index (χ4v) is 2.77. The van der Waals surface area contributed by atoms with Crippen LogP contribution < -0.4 is 5.32 Å². The molecule has 3 rings (SSSR count). The van der Waals surface area contributed by atoms with Crippen molar-refractivity contribution in [2.75, 3.05) is 6.54 Å². The van der Waals surface area contributed by atoms with Crippen molar-refractivity contribution in [1.82, 2.24) is 5.32 Å². The highest BCUT2D eigenvalue weighted by molar-refractivity contribution is 5.40. The SMILES string of the molecule is OCc1cccc(CNCC2Cc3ccccc32)c1. The summed E-state index contributed by atoms with van der Waals surface area (Å²) in [5.41, 5.74) is 5.21. The average molecular weight is 253 g/mol. The van der Waals surface area contributed by atoms with E-state index in [0.717, 1.165) is 18.7 Å². The number of fused-ring (bicyclic) bond motifs is 1. The molecule has 0 heterocycles. The van der Waals surface area contributed by atoms with E-state index in [-0.39, 0.29) is 6.61 Å². The minimum absolute atomic E-state index is 0.115. The predicted molar refractivity (Wildman–Crippen MR) is 77.0 cm³/mol. The summed E-state index contributed by atoms with van der Waals surface area (Å²) in [6.07, 6.45) is 1.19. The molecular formula is C17H19NO. The lowest BCUT2D eigenvalue weighted by molar-refractivity contribution is 0.281. The van der Waals surface area contributed by atoms with Crippen molar-refractivity contribution < 1.29 is 5.11 Å². The van der Waals surface area contributed by atoms with Crippen molar-refractivity contribution in [3.8, 4) is 0 Å². The van der Waals surface area contributed by atoms with Crippen molar-refractivity contribution in [2.45, 2.75) is 25.5 Å². The fourth-order valence-electron chi connectivity index (χ4n) is 2.77. The second-order valence-electron chi connectivity index (χ2n) is 5.21. The van der Waals surface area contributed by atoms with Crippen molar-refractivity contribution in [3.63, 3.8) is 0 Å². The van der Waals surface area contributed by atoms with Crippen molar-refractivity contribution in [2.24, 2.45) is 0 Å². The first-order valence-corrected chi connectivity index (χ1v) is 6.84. The molecule has 0 aliphatic heterocycles. The maximum atomic E-state index is 9.11. The van der Waals surface area contributed by atoms with Crippen LogP contribution in [0.1, 0.15) is 28.2 Å². The summed E-state index contributed by atoms with van der Waals surface area (Å²) in [5, 5.41) is 12.6. The highest BCUT2D eigenvalue weighted by Crippen LogP contribution is 2.33. The molecule has 2 N–H and O–H groups in total. The minimum Gasteiger partial charge on any atom is -0.392 e. The number of aliphatic hydroxyl groups is 1. The second kappa shape index (κ2) is 5.55. The van der Waals surface area contributed by atoms with E-state index in [9.17, 15) is 0 Å². The summed E-state index contributed by atoms with van der Waals surface area (Å²) in [4.78, 5) is 0. The van der Waals surface area contributed by atoms with Gasteiger partial charge in [-0.05, 0) is 28.7 Å². The largest absolute Gasteiger partial charge is 0.392 e. The lowest BCUT2D eigenvalue weighted by atomic mass is 9.77. The molecule has 0 bridgehead atoms. The molecule has 98 valence electrons. The van der Waals surface area contributed by atoms with Crippen LogP contribution in [0.4, 0.5) is 0 Å². The van der Waals surface area contributed by atoms with Crippen LogP contribution in [-0.4, -0.2) is 11.7 Å². The highest BCUT2D eigenvalue weighted by Gasteiger charge is 2.24. The van der Waals surface area contributed by atoms with Gasteiger partial charge in [-0.3, -0.25) is 0 Å². The van der Waals surface area contributed by atoms with Gasteiger partial charge in [-0.15, -0.1) is 0 Å². The molecule has 0 radical (unpaired) electrons. The van der Waals surface area contributed by atoms with Gasteiger partial charge in [0.1, 0.15) is 0 Å². The van der Waals surface area contributed by atoms with E-state index in [4.69, 9.17) is 5.11 Å². The van der Waals surface area contributed by atoms with Crippen LogP contribution in [-0.2, 0) is 19.6 Å². The summed E-state index contributed by atoms with van der Waals surface area (Å²) in [6.45, 7) is 2.01. The van der Waals surface area contributed by atoms with Gasteiger partial charge in [0.2, 0.25) is 0 Å². The summed E-state index contributed by atoms with van der Waals surface area (Å²) in [6, 6.07) is 16.8. The summed E-state index contributed by atoms with van der Waals surface area (Å²) >= 11 is 0. The Bertz CT molecular complexity index is 565. The van der Waals surface area contributed by atoms with Crippen LogP contribution in [0.25, 0.3) is 0 Å². The zero-order valence-electron chi connectivity index (χ0n) is 11.0. The number of benzene rings is 2. The molecule has 1 aliphatic rings. The van der Waals surface area contributed by atoms with E-state index in [0.29, 0.717) is 5.92 Å². The lowest BCUT2D eigenvalue weighted by Gasteiger charge is -2.30. The number of nitrogens with one attached hydrogen (secondary N) is 1. The van der Waals surface area contributed by atoms with E-state index in [1.807, 2.05) is 12.1 Å². The lowest BCUT2D eigenvalue weighted by Crippen LogP contribution is -2.28. The quantitative estimate of drug-likeness (QED) is 0.858. The molecule has 1 atom stereocenters. The van der Waals surface area contributed by atoms with Crippen LogP contribution in [0.3, 0.4) is 0 Å². The molecule has 2 aromatic carbocycles. The van der Waals surface area contributed by atoms with Crippen LogP contribution in [0.15, 0.2) is 48.5 Å². The first-order valence-electron chi connectivity index (χ1n) is 6.84. The molecule has 2 heteroatoms. The van der Waals surface area contributed by atoms with Crippen LogP contribution in [0.5, 0.6) is 0 Å². The number of aliphatic hydroxyl groups excluding tert-OH is 1. The monoisotopic (exact) mass is 253 g/mol. The Balaban J connectivity index is 1.52. The third kappa shape index (κ3) is 2.70.